The van der Waals surface area contributed by atoms with Crippen molar-refractivity contribution in [3.05, 3.63) is 54.4 Å². The molecule has 4 nitrogen and oxygen atoms in total. The number of nitrogens with zero attached hydrogens (tertiary/aromatic N) is 1. The van der Waals surface area contributed by atoms with Crippen LogP contribution in [-0.2, 0) is 0 Å². The third-order valence-corrected chi connectivity index (χ3v) is 2.25. The Morgan fingerprint density at radius 2 is 1.76 bits per heavy atom. The van der Waals surface area contributed by atoms with Gasteiger partial charge >= 0.3 is 0 Å². The van der Waals surface area contributed by atoms with Crippen molar-refractivity contribution < 1.29 is 9.53 Å². The van der Waals surface area contributed by atoms with Gasteiger partial charge in [-0.15, -0.1) is 0 Å². The van der Waals surface area contributed by atoms with E-state index in [1.165, 1.54) is 0 Å². The van der Waals surface area contributed by atoms with Crippen LogP contribution in [-0.4, -0.2) is 17.4 Å². The zero-order valence-electron chi connectivity index (χ0n) is 9.17. The van der Waals surface area contributed by atoms with Crippen LogP contribution in [0.15, 0.2) is 48.8 Å². The number of nitrogen functional groups attached to an aromatic ring is 1. The molecule has 0 aliphatic carbocycles. The third kappa shape index (κ3) is 3.04. The standard InChI is InChI=1S/C13H12N2O2/c14-11-1-3-12(4-2-11)17-9-13(16)10-5-7-15-8-6-10/h1-8H,9,14H2. The molecule has 1 heterocycles. The number of ketones is 1. The van der Waals surface area contributed by atoms with Gasteiger partial charge in [0.15, 0.2) is 12.4 Å². The van der Waals surface area contributed by atoms with Crippen molar-refractivity contribution in [3.8, 4) is 5.75 Å². The monoisotopic (exact) mass is 228 g/mol. The quantitative estimate of drug-likeness (QED) is 0.641. The third-order valence-electron chi connectivity index (χ3n) is 2.25. The minimum absolute atomic E-state index is 0.00787. The molecule has 0 bridgehead atoms. The van der Waals surface area contributed by atoms with Crippen molar-refractivity contribution >= 4 is 11.5 Å². The van der Waals surface area contributed by atoms with Crippen LogP contribution in [0.25, 0.3) is 0 Å². The normalized spacial score (nSPS) is 9.88. The largest absolute Gasteiger partial charge is 0.485 e. The molecule has 86 valence electrons. The van der Waals surface area contributed by atoms with Crippen LogP contribution in [0.4, 0.5) is 5.69 Å². The molecule has 2 N–H and O–H groups in total. The topological polar surface area (TPSA) is 65.2 Å². The van der Waals surface area contributed by atoms with E-state index in [-0.39, 0.29) is 12.4 Å². The van der Waals surface area contributed by atoms with Crippen molar-refractivity contribution in [3.63, 3.8) is 0 Å². The van der Waals surface area contributed by atoms with Crippen molar-refractivity contribution in [2.75, 3.05) is 12.3 Å². The van der Waals surface area contributed by atoms with E-state index in [1.807, 2.05) is 0 Å². The van der Waals surface area contributed by atoms with Gasteiger partial charge in [-0.05, 0) is 36.4 Å². The summed E-state index contributed by atoms with van der Waals surface area (Å²) in [5.41, 5.74) is 6.80. The maximum atomic E-state index is 11.7. The molecule has 2 aromatic rings. The molecule has 1 aromatic carbocycles. The highest BCUT2D eigenvalue weighted by molar-refractivity contribution is 5.97. The van der Waals surface area contributed by atoms with Crippen molar-refractivity contribution in [2.45, 2.75) is 0 Å². The van der Waals surface area contributed by atoms with Gasteiger partial charge in [0.25, 0.3) is 0 Å². The summed E-state index contributed by atoms with van der Waals surface area (Å²) in [6.07, 6.45) is 3.16. The molecule has 0 atom stereocenters. The fourth-order valence-electron chi connectivity index (χ4n) is 1.33. The number of carbonyl (C=O) groups is 1. The zero-order valence-corrected chi connectivity index (χ0v) is 9.17. The summed E-state index contributed by atoms with van der Waals surface area (Å²) in [7, 11) is 0. The number of benzene rings is 1. The summed E-state index contributed by atoms with van der Waals surface area (Å²) in [4.78, 5) is 15.6. The van der Waals surface area contributed by atoms with Gasteiger partial charge in [-0.2, -0.15) is 0 Å². The second kappa shape index (κ2) is 5.12. The predicted octanol–water partition coefficient (Wildman–Crippen LogP) is 1.93. The molecular formula is C13H12N2O2. The molecule has 1 aromatic heterocycles. The fraction of sp³-hybridized carbons (Fsp3) is 0.0769. The minimum Gasteiger partial charge on any atom is -0.485 e. The second-order valence-electron chi connectivity index (χ2n) is 3.52. The Labute approximate surface area is 99.1 Å². The first kappa shape index (κ1) is 11.1. The van der Waals surface area contributed by atoms with Gasteiger partial charge in [0.1, 0.15) is 5.75 Å². The van der Waals surface area contributed by atoms with Crippen molar-refractivity contribution in [2.24, 2.45) is 0 Å². The average Bonchev–Trinajstić information content (AvgIpc) is 2.39. The SMILES string of the molecule is Nc1ccc(OCC(=O)c2ccncc2)cc1. The van der Waals surface area contributed by atoms with Crippen LogP contribution in [0, 0.1) is 0 Å². The molecule has 0 fully saturated rings. The number of anilines is 1. The molecule has 0 spiro atoms. The molecule has 2 rings (SSSR count). The summed E-state index contributed by atoms with van der Waals surface area (Å²) in [5, 5.41) is 0. The Morgan fingerprint density at radius 1 is 1.12 bits per heavy atom. The first-order valence-electron chi connectivity index (χ1n) is 5.17. The Hall–Kier alpha value is -2.36. The van der Waals surface area contributed by atoms with Crippen molar-refractivity contribution in [1.29, 1.82) is 0 Å². The van der Waals surface area contributed by atoms with Gasteiger partial charge in [0.05, 0.1) is 0 Å². The lowest BCUT2D eigenvalue weighted by Gasteiger charge is -2.05. The van der Waals surface area contributed by atoms with E-state index >= 15 is 0 Å². The first-order chi connectivity index (χ1) is 8.25. The molecule has 0 amide bonds. The molecule has 17 heavy (non-hydrogen) atoms. The van der Waals surface area contributed by atoms with E-state index in [0.717, 1.165) is 0 Å². The van der Waals surface area contributed by atoms with E-state index in [2.05, 4.69) is 4.98 Å². The highest BCUT2D eigenvalue weighted by atomic mass is 16.5. The predicted molar refractivity (Wildman–Crippen MR) is 64.9 cm³/mol. The second-order valence-corrected chi connectivity index (χ2v) is 3.52. The molecule has 0 radical (unpaired) electrons. The lowest BCUT2D eigenvalue weighted by Crippen LogP contribution is -2.11. The van der Waals surface area contributed by atoms with Crippen molar-refractivity contribution in [1.82, 2.24) is 4.98 Å². The van der Waals surface area contributed by atoms with Gasteiger partial charge in [0, 0.05) is 23.6 Å². The Morgan fingerprint density at radius 3 is 2.41 bits per heavy atom. The van der Waals surface area contributed by atoms with E-state index in [0.29, 0.717) is 17.0 Å². The van der Waals surface area contributed by atoms with Gasteiger partial charge in [-0.1, -0.05) is 0 Å². The Balaban J connectivity index is 1.95. The summed E-state index contributed by atoms with van der Waals surface area (Å²) in [6.45, 7) is 0.00787. The first-order valence-corrected chi connectivity index (χ1v) is 5.17. The number of hydrogen-bond acceptors (Lipinski definition) is 4. The number of hydrogen-bond donors (Lipinski definition) is 1. The maximum absolute atomic E-state index is 11.7. The number of aromatic nitrogens is 1. The smallest absolute Gasteiger partial charge is 0.200 e. The Bertz CT molecular complexity index is 495. The Kier molecular flexibility index (Phi) is 3.35. The number of nitrogens with two attached hydrogens (primary N) is 1. The maximum Gasteiger partial charge on any atom is 0.200 e. The summed E-state index contributed by atoms with van der Waals surface area (Å²) in [6, 6.07) is 10.2. The minimum atomic E-state index is -0.0794. The lowest BCUT2D eigenvalue weighted by molar-refractivity contribution is 0.0921. The van der Waals surface area contributed by atoms with E-state index < -0.39 is 0 Å². The van der Waals surface area contributed by atoms with E-state index in [9.17, 15) is 4.79 Å². The molecular weight excluding hydrogens is 216 g/mol. The van der Waals surface area contributed by atoms with Gasteiger partial charge in [-0.25, -0.2) is 0 Å². The van der Waals surface area contributed by atoms with E-state index in [4.69, 9.17) is 10.5 Å². The number of pyridine rings is 1. The van der Waals surface area contributed by atoms with Crippen LogP contribution >= 0.6 is 0 Å². The molecule has 0 aliphatic heterocycles. The zero-order chi connectivity index (χ0) is 12.1. The molecule has 0 saturated carbocycles. The molecule has 0 saturated heterocycles. The lowest BCUT2D eigenvalue weighted by atomic mass is 10.2. The van der Waals surface area contributed by atoms with E-state index in [1.54, 1.807) is 48.8 Å². The molecule has 0 aliphatic rings. The van der Waals surface area contributed by atoms with Gasteiger partial charge in [-0.3, -0.25) is 9.78 Å². The van der Waals surface area contributed by atoms with Gasteiger partial charge < -0.3 is 10.5 Å². The van der Waals surface area contributed by atoms with Crippen LogP contribution in [0.5, 0.6) is 5.75 Å². The fourth-order valence-corrected chi connectivity index (χ4v) is 1.33. The van der Waals surface area contributed by atoms with Crippen LogP contribution in [0.1, 0.15) is 10.4 Å². The number of Topliss-reactive ketones (excluding diaryl/α,β-unsaturated/α-hetero) is 1. The molecule has 0 unspecified atom stereocenters. The van der Waals surface area contributed by atoms with Crippen LogP contribution in [0.2, 0.25) is 0 Å². The van der Waals surface area contributed by atoms with Gasteiger partial charge in [0.2, 0.25) is 0 Å². The highest BCUT2D eigenvalue weighted by Crippen LogP contribution is 2.13. The number of carbonyl (C=O) groups excluding carboxylic acids is 1. The summed E-state index contributed by atoms with van der Waals surface area (Å²) >= 11 is 0. The average molecular weight is 228 g/mol. The summed E-state index contributed by atoms with van der Waals surface area (Å²) < 4.78 is 5.35. The highest BCUT2D eigenvalue weighted by Gasteiger charge is 2.05. The summed E-state index contributed by atoms with van der Waals surface area (Å²) in [5.74, 6) is 0.547. The van der Waals surface area contributed by atoms with Crippen LogP contribution < -0.4 is 10.5 Å². The number of rotatable bonds is 4. The number of ether oxygens (including phenoxy) is 1. The van der Waals surface area contributed by atoms with Crippen LogP contribution in [0.3, 0.4) is 0 Å². The molecule has 4 heteroatoms.